The van der Waals surface area contributed by atoms with Crippen LogP contribution in [0.3, 0.4) is 0 Å². The highest BCUT2D eigenvalue weighted by atomic mass is 35.5. The molecule has 9 heteroatoms. The molecule has 0 spiro atoms. The van der Waals surface area contributed by atoms with Gasteiger partial charge in [-0.2, -0.15) is 0 Å². The summed E-state index contributed by atoms with van der Waals surface area (Å²) in [4.78, 5) is 27.7. The Balaban J connectivity index is 1.83. The molecular weight excluding hydrogens is 450 g/mol. The van der Waals surface area contributed by atoms with Gasteiger partial charge in [-0.25, -0.2) is 8.42 Å². The number of rotatable bonds is 7. The normalized spacial score (nSPS) is 16.4. The standard InChI is InChI=1S/C23H28ClN3O4S/c1-5-11-26(16(3)22(28)25-20-8-6-7-19(24)14-20)23(29)17-9-10-21-18(13-17)12-15(2)27(21)32(4,30)31/h6-10,13-16H,5,11-12H2,1-4H3,(H,25,28)/t15-,16+/m0/s1. The largest absolute Gasteiger partial charge is 0.327 e. The van der Waals surface area contributed by atoms with E-state index >= 15 is 0 Å². The smallest absolute Gasteiger partial charge is 0.254 e. The summed E-state index contributed by atoms with van der Waals surface area (Å²) in [6, 6.07) is 11.0. The van der Waals surface area contributed by atoms with Crippen LogP contribution in [-0.4, -0.2) is 50.0 Å². The van der Waals surface area contributed by atoms with Crippen molar-refractivity contribution in [2.24, 2.45) is 0 Å². The molecule has 0 fully saturated rings. The molecule has 1 aliphatic rings. The van der Waals surface area contributed by atoms with Crippen molar-refractivity contribution in [3.05, 3.63) is 58.6 Å². The molecule has 1 heterocycles. The quantitative estimate of drug-likeness (QED) is 0.654. The van der Waals surface area contributed by atoms with Crippen molar-refractivity contribution in [3.63, 3.8) is 0 Å². The van der Waals surface area contributed by atoms with Crippen LogP contribution >= 0.6 is 11.6 Å². The Morgan fingerprint density at radius 1 is 1.25 bits per heavy atom. The Morgan fingerprint density at radius 3 is 2.59 bits per heavy atom. The van der Waals surface area contributed by atoms with Gasteiger partial charge in [-0.3, -0.25) is 13.9 Å². The molecule has 32 heavy (non-hydrogen) atoms. The molecule has 3 rings (SSSR count). The topological polar surface area (TPSA) is 86.8 Å². The zero-order valence-electron chi connectivity index (χ0n) is 18.6. The highest BCUT2D eigenvalue weighted by Crippen LogP contribution is 2.35. The van der Waals surface area contributed by atoms with E-state index in [9.17, 15) is 18.0 Å². The highest BCUT2D eigenvalue weighted by molar-refractivity contribution is 7.92. The molecule has 0 aromatic heterocycles. The number of carbonyl (C=O) groups is 2. The lowest BCUT2D eigenvalue weighted by Crippen LogP contribution is -2.46. The molecule has 0 saturated heterocycles. The third kappa shape index (κ3) is 5.07. The van der Waals surface area contributed by atoms with Gasteiger partial charge in [-0.1, -0.05) is 24.6 Å². The summed E-state index contributed by atoms with van der Waals surface area (Å²) in [6.45, 7) is 5.88. The summed E-state index contributed by atoms with van der Waals surface area (Å²) in [5.41, 5.74) is 2.40. The first kappa shape index (κ1) is 24.1. The molecule has 1 N–H and O–H groups in total. The van der Waals surface area contributed by atoms with E-state index in [0.717, 1.165) is 5.56 Å². The summed E-state index contributed by atoms with van der Waals surface area (Å²) in [6.07, 6.45) is 2.40. The molecule has 2 amide bonds. The fourth-order valence-electron chi connectivity index (χ4n) is 4.07. The van der Waals surface area contributed by atoms with Crippen LogP contribution in [-0.2, 0) is 21.2 Å². The fraction of sp³-hybridized carbons (Fsp3) is 0.391. The van der Waals surface area contributed by atoms with E-state index in [1.54, 1.807) is 49.4 Å². The van der Waals surface area contributed by atoms with Crippen LogP contribution < -0.4 is 9.62 Å². The molecule has 0 saturated carbocycles. The molecule has 7 nitrogen and oxygen atoms in total. The average Bonchev–Trinajstić information content (AvgIpc) is 3.06. The number of fused-ring (bicyclic) bond motifs is 1. The number of carbonyl (C=O) groups excluding carboxylic acids is 2. The van der Waals surface area contributed by atoms with Crippen LogP contribution in [0.15, 0.2) is 42.5 Å². The van der Waals surface area contributed by atoms with Crippen molar-refractivity contribution in [2.75, 3.05) is 22.4 Å². The lowest BCUT2D eigenvalue weighted by Gasteiger charge is -2.28. The van der Waals surface area contributed by atoms with Gasteiger partial charge >= 0.3 is 0 Å². The molecular formula is C23H28ClN3O4S. The summed E-state index contributed by atoms with van der Waals surface area (Å²) < 4.78 is 25.7. The Hall–Kier alpha value is -2.58. The van der Waals surface area contributed by atoms with Crippen molar-refractivity contribution in [1.82, 2.24) is 4.90 Å². The van der Waals surface area contributed by atoms with Gasteiger partial charge in [0, 0.05) is 28.9 Å². The van der Waals surface area contributed by atoms with Crippen molar-refractivity contribution < 1.29 is 18.0 Å². The second-order valence-corrected chi connectivity index (χ2v) is 10.4. The molecule has 2 aromatic carbocycles. The second-order valence-electron chi connectivity index (χ2n) is 8.13. The van der Waals surface area contributed by atoms with Gasteiger partial charge in [0.1, 0.15) is 6.04 Å². The first-order valence-electron chi connectivity index (χ1n) is 10.5. The van der Waals surface area contributed by atoms with Crippen LogP contribution in [0.25, 0.3) is 0 Å². The van der Waals surface area contributed by atoms with E-state index in [-0.39, 0.29) is 17.9 Å². The maximum atomic E-state index is 13.3. The first-order chi connectivity index (χ1) is 15.0. The summed E-state index contributed by atoms with van der Waals surface area (Å²) in [7, 11) is -3.41. The zero-order valence-corrected chi connectivity index (χ0v) is 20.2. The van der Waals surface area contributed by atoms with Gasteiger partial charge in [0.15, 0.2) is 0 Å². The Morgan fingerprint density at radius 2 is 1.97 bits per heavy atom. The average molecular weight is 478 g/mol. The molecule has 0 aliphatic carbocycles. The SMILES string of the molecule is CCCN(C(=O)c1ccc2c(c1)C[C@H](C)N2S(C)(=O)=O)[C@H](C)C(=O)Nc1cccc(Cl)c1. The van der Waals surface area contributed by atoms with E-state index in [1.807, 2.05) is 13.8 Å². The lowest BCUT2D eigenvalue weighted by molar-refractivity contribution is -0.120. The molecule has 0 radical (unpaired) electrons. The van der Waals surface area contributed by atoms with Crippen LogP contribution in [0.1, 0.15) is 43.1 Å². The number of benzene rings is 2. The van der Waals surface area contributed by atoms with Crippen molar-refractivity contribution >= 4 is 44.8 Å². The number of hydrogen-bond donors (Lipinski definition) is 1. The van der Waals surface area contributed by atoms with Crippen molar-refractivity contribution in [3.8, 4) is 0 Å². The van der Waals surface area contributed by atoms with Gasteiger partial charge in [-0.15, -0.1) is 0 Å². The van der Waals surface area contributed by atoms with Gasteiger partial charge < -0.3 is 10.2 Å². The number of hydrogen-bond acceptors (Lipinski definition) is 4. The van der Waals surface area contributed by atoms with E-state index in [2.05, 4.69) is 5.32 Å². The second kappa shape index (κ2) is 9.50. The van der Waals surface area contributed by atoms with Crippen molar-refractivity contribution in [2.45, 2.75) is 45.7 Å². The number of nitrogens with zero attached hydrogens (tertiary/aromatic N) is 2. The third-order valence-electron chi connectivity index (χ3n) is 5.50. The summed E-state index contributed by atoms with van der Waals surface area (Å²) in [5, 5.41) is 3.31. The summed E-state index contributed by atoms with van der Waals surface area (Å²) >= 11 is 5.99. The minimum Gasteiger partial charge on any atom is -0.327 e. The molecule has 0 bridgehead atoms. The number of halogens is 1. The van der Waals surface area contributed by atoms with Crippen LogP contribution in [0.4, 0.5) is 11.4 Å². The molecule has 2 aromatic rings. The maximum absolute atomic E-state index is 13.3. The minimum atomic E-state index is -3.41. The van der Waals surface area contributed by atoms with Crippen LogP contribution in [0.5, 0.6) is 0 Å². The Labute approximate surface area is 194 Å². The van der Waals surface area contributed by atoms with Crippen LogP contribution in [0, 0.1) is 0 Å². The molecule has 0 unspecified atom stereocenters. The van der Waals surface area contributed by atoms with E-state index < -0.39 is 16.1 Å². The van der Waals surface area contributed by atoms with Gasteiger partial charge in [0.2, 0.25) is 15.9 Å². The Kier molecular flexibility index (Phi) is 7.15. The zero-order chi connectivity index (χ0) is 23.6. The summed E-state index contributed by atoms with van der Waals surface area (Å²) in [5.74, 6) is -0.582. The van der Waals surface area contributed by atoms with Gasteiger partial charge in [0.25, 0.3) is 5.91 Å². The number of amides is 2. The van der Waals surface area contributed by atoms with E-state index in [0.29, 0.717) is 41.3 Å². The van der Waals surface area contributed by atoms with Gasteiger partial charge in [0.05, 0.1) is 11.9 Å². The lowest BCUT2D eigenvalue weighted by atomic mass is 10.1. The first-order valence-corrected chi connectivity index (χ1v) is 12.7. The monoisotopic (exact) mass is 477 g/mol. The number of nitrogens with one attached hydrogen (secondary N) is 1. The van der Waals surface area contributed by atoms with Crippen molar-refractivity contribution in [1.29, 1.82) is 0 Å². The Bertz CT molecular complexity index is 1140. The predicted octanol–water partition coefficient (Wildman–Crippen LogP) is 3.93. The predicted molar refractivity (Wildman–Crippen MR) is 128 cm³/mol. The molecule has 2 atom stereocenters. The minimum absolute atomic E-state index is 0.209. The van der Waals surface area contributed by atoms with Gasteiger partial charge in [-0.05, 0) is 68.7 Å². The fourth-order valence-corrected chi connectivity index (χ4v) is 5.53. The van der Waals surface area contributed by atoms with E-state index in [4.69, 9.17) is 11.6 Å². The van der Waals surface area contributed by atoms with E-state index in [1.165, 1.54) is 15.5 Å². The maximum Gasteiger partial charge on any atom is 0.254 e. The molecule has 1 aliphatic heterocycles. The number of sulfonamides is 1. The third-order valence-corrected chi connectivity index (χ3v) is 7.01. The number of anilines is 2. The highest BCUT2D eigenvalue weighted by Gasteiger charge is 2.34. The molecule has 172 valence electrons. The van der Waals surface area contributed by atoms with Crippen LogP contribution in [0.2, 0.25) is 5.02 Å².